The van der Waals surface area contributed by atoms with Gasteiger partial charge in [-0.2, -0.15) is 4.98 Å². The van der Waals surface area contributed by atoms with Crippen LogP contribution in [0.5, 0.6) is 5.75 Å². The number of benzene rings is 2. The van der Waals surface area contributed by atoms with Crippen molar-refractivity contribution in [3.63, 3.8) is 0 Å². The minimum atomic E-state index is -0.644. The predicted molar refractivity (Wildman–Crippen MR) is 111 cm³/mol. The van der Waals surface area contributed by atoms with Crippen LogP contribution in [0.3, 0.4) is 0 Å². The van der Waals surface area contributed by atoms with Crippen molar-refractivity contribution in [1.29, 1.82) is 0 Å². The molecule has 0 saturated carbocycles. The summed E-state index contributed by atoms with van der Waals surface area (Å²) in [5, 5.41) is 5.67. The molecule has 0 aliphatic rings. The Labute approximate surface area is 172 Å². The maximum atomic E-state index is 14.2. The van der Waals surface area contributed by atoms with Gasteiger partial charge < -0.3 is 31.6 Å². The van der Waals surface area contributed by atoms with Gasteiger partial charge in [0.2, 0.25) is 5.95 Å². The summed E-state index contributed by atoms with van der Waals surface area (Å²) in [4.78, 5) is 7.97. The first kappa shape index (κ1) is 21.2. The molecule has 0 aliphatic heterocycles. The molecule has 0 radical (unpaired) electrons. The third kappa shape index (κ3) is 6.00. The van der Waals surface area contributed by atoms with Crippen molar-refractivity contribution in [1.82, 2.24) is 9.97 Å². The van der Waals surface area contributed by atoms with Crippen molar-refractivity contribution in [2.45, 2.75) is 0 Å². The maximum absolute atomic E-state index is 14.2. The van der Waals surface area contributed by atoms with Crippen molar-refractivity contribution in [3.05, 3.63) is 60.3 Å². The van der Waals surface area contributed by atoms with E-state index in [1.807, 2.05) is 0 Å². The van der Waals surface area contributed by atoms with Crippen LogP contribution < -0.4 is 26.8 Å². The van der Waals surface area contributed by atoms with Crippen molar-refractivity contribution in [2.24, 2.45) is 5.73 Å². The molecule has 0 bridgehead atoms. The SMILES string of the molecule is NCCOCCOc1ccc(Nc2ncc(F)c(Nc3cccc(N)c3)n2)cc1F. The largest absolute Gasteiger partial charge is 0.488 e. The molecule has 10 heteroatoms. The smallest absolute Gasteiger partial charge is 0.229 e. The summed E-state index contributed by atoms with van der Waals surface area (Å²) in [5.74, 6) is -1.09. The third-order valence-corrected chi connectivity index (χ3v) is 3.83. The Morgan fingerprint density at radius 2 is 1.77 bits per heavy atom. The van der Waals surface area contributed by atoms with Gasteiger partial charge in [0.25, 0.3) is 0 Å². The minimum Gasteiger partial charge on any atom is -0.488 e. The summed E-state index contributed by atoms with van der Waals surface area (Å²) in [6.45, 7) is 1.34. The van der Waals surface area contributed by atoms with Gasteiger partial charge in [-0.15, -0.1) is 0 Å². The number of nitrogens with one attached hydrogen (secondary N) is 2. The summed E-state index contributed by atoms with van der Waals surface area (Å²) in [6, 6.07) is 11.1. The Kier molecular flexibility index (Phi) is 7.30. The second-order valence-corrected chi connectivity index (χ2v) is 6.16. The molecule has 0 atom stereocenters. The number of anilines is 5. The number of ether oxygens (including phenoxy) is 2. The lowest BCUT2D eigenvalue weighted by molar-refractivity contribution is 0.104. The second-order valence-electron chi connectivity index (χ2n) is 6.16. The van der Waals surface area contributed by atoms with Crippen LogP contribution in [0.1, 0.15) is 0 Å². The van der Waals surface area contributed by atoms with Crippen molar-refractivity contribution in [3.8, 4) is 5.75 Å². The lowest BCUT2D eigenvalue weighted by Crippen LogP contribution is -2.13. The number of aromatic nitrogens is 2. The highest BCUT2D eigenvalue weighted by molar-refractivity contribution is 5.63. The van der Waals surface area contributed by atoms with E-state index in [0.29, 0.717) is 36.8 Å². The van der Waals surface area contributed by atoms with Gasteiger partial charge in [0.15, 0.2) is 23.2 Å². The van der Waals surface area contributed by atoms with Gasteiger partial charge in [0.05, 0.1) is 19.4 Å². The Morgan fingerprint density at radius 3 is 2.53 bits per heavy atom. The molecule has 0 spiro atoms. The fourth-order valence-electron chi connectivity index (χ4n) is 2.49. The summed E-state index contributed by atoms with van der Waals surface area (Å²) in [5.41, 5.74) is 12.5. The molecule has 0 unspecified atom stereocenters. The van der Waals surface area contributed by atoms with Gasteiger partial charge >= 0.3 is 0 Å². The molecule has 1 heterocycles. The zero-order valence-corrected chi connectivity index (χ0v) is 16.1. The van der Waals surface area contributed by atoms with Crippen molar-refractivity contribution in [2.75, 3.05) is 42.7 Å². The number of nitrogens with two attached hydrogens (primary N) is 2. The number of hydrogen-bond donors (Lipinski definition) is 4. The average molecular weight is 416 g/mol. The van der Waals surface area contributed by atoms with E-state index in [2.05, 4.69) is 20.6 Å². The molecule has 8 nitrogen and oxygen atoms in total. The molecule has 3 aromatic rings. The zero-order valence-electron chi connectivity index (χ0n) is 16.1. The van der Waals surface area contributed by atoms with Crippen LogP contribution in [0.15, 0.2) is 48.7 Å². The molecule has 158 valence electrons. The van der Waals surface area contributed by atoms with E-state index in [1.165, 1.54) is 12.1 Å². The van der Waals surface area contributed by atoms with E-state index in [4.69, 9.17) is 20.9 Å². The van der Waals surface area contributed by atoms with Gasteiger partial charge in [-0.1, -0.05) is 6.07 Å². The molecular formula is C20H22F2N6O2. The van der Waals surface area contributed by atoms with Crippen LogP contribution in [0.2, 0.25) is 0 Å². The Hall–Kier alpha value is -3.50. The van der Waals surface area contributed by atoms with Crippen LogP contribution in [0.4, 0.5) is 37.6 Å². The molecule has 3 rings (SSSR count). The monoisotopic (exact) mass is 416 g/mol. The highest BCUT2D eigenvalue weighted by Crippen LogP contribution is 2.24. The van der Waals surface area contributed by atoms with E-state index in [-0.39, 0.29) is 24.1 Å². The number of hydrogen-bond acceptors (Lipinski definition) is 8. The van der Waals surface area contributed by atoms with E-state index in [1.54, 1.807) is 30.3 Å². The number of rotatable bonds is 10. The molecule has 0 fully saturated rings. The molecule has 30 heavy (non-hydrogen) atoms. The first-order valence-corrected chi connectivity index (χ1v) is 9.17. The molecule has 0 aliphatic carbocycles. The molecule has 6 N–H and O–H groups in total. The van der Waals surface area contributed by atoms with Crippen LogP contribution in [-0.4, -0.2) is 36.3 Å². The molecular weight excluding hydrogens is 394 g/mol. The van der Waals surface area contributed by atoms with Gasteiger partial charge in [0.1, 0.15) is 6.61 Å². The Bertz CT molecular complexity index is 989. The van der Waals surface area contributed by atoms with E-state index >= 15 is 0 Å². The summed E-state index contributed by atoms with van der Waals surface area (Å²) < 4.78 is 38.8. The fourth-order valence-corrected chi connectivity index (χ4v) is 2.49. The quantitative estimate of drug-likeness (QED) is 0.294. The maximum Gasteiger partial charge on any atom is 0.229 e. The standard InChI is InChI=1S/C20H22F2N6O2/c21-16-11-15(4-5-18(16)30-9-8-29-7-6-23)27-20-25-12-17(22)19(28-20)26-14-3-1-2-13(24)10-14/h1-5,10-12H,6-9,23-24H2,(H2,25,26,27,28). The van der Waals surface area contributed by atoms with Crippen LogP contribution in [-0.2, 0) is 4.74 Å². The Balaban J connectivity index is 1.65. The topological polar surface area (TPSA) is 120 Å². The molecule has 0 amide bonds. The summed E-state index contributed by atoms with van der Waals surface area (Å²) in [7, 11) is 0. The normalized spacial score (nSPS) is 10.6. The summed E-state index contributed by atoms with van der Waals surface area (Å²) >= 11 is 0. The second kappa shape index (κ2) is 10.3. The van der Waals surface area contributed by atoms with Crippen molar-refractivity contribution >= 4 is 28.8 Å². The van der Waals surface area contributed by atoms with E-state index in [0.717, 1.165) is 6.20 Å². The minimum absolute atomic E-state index is 0.0454. The first-order valence-electron chi connectivity index (χ1n) is 9.17. The van der Waals surface area contributed by atoms with Gasteiger partial charge in [0, 0.05) is 29.7 Å². The average Bonchev–Trinajstić information content (AvgIpc) is 2.72. The van der Waals surface area contributed by atoms with Gasteiger partial charge in [-0.3, -0.25) is 0 Å². The van der Waals surface area contributed by atoms with Crippen molar-refractivity contribution < 1.29 is 18.3 Å². The summed E-state index contributed by atoms with van der Waals surface area (Å²) in [6.07, 6.45) is 1.01. The van der Waals surface area contributed by atoms with Crippen LogP contribution in [0, 0.1) is 11.6 Å². The van der Waals surface area contributed by atoms with Crippen LogP contribution >= 0.6 is 0 Å². The number of nitrogens with zero attached hydrogens (tertiary/aromatic N) is 2. The lowest BCUT2D eigenvalue weighted by atomic mass is 10.3. The molecule has 2 aromatic carbocycles. The van der Waals surface area contributed by atoms with Gasteiger partial charge in [-0.05, 0) is 30.3 Å². The highest BCUT2D eigenvalue weighted by Gasteiger charge is 2.10. The third-order valence-electron chi connectivity index (χ3n) is 3.83. The number of nitrogen functional groups attached to an aromatic ring is 1. The first-order chi connectivity index (χ1) is 14.5. The lowest BCUT2D eigenvalue weighted by Gasteiger charge is -2.11. The molecule has 0 saturated heterocycles. The van der Waals surface area contributed by atoms with E-state index in [9.17, 15) is 8.78 Å². The van der Waals surface area contributed by atoms with Gasteiger partial charge in [-0.25, -0.2) is 13.8 Å². The highest BCUT2D eigenvalue weighted by atomic mass is 19.1. The number of halogens is 2. The zero-order chi connectivity index (χ0) is 21.3. The predicted octanol–water partition coefficient (Wildman–Crippen LogP) is 3.18. The van der Waals surface area contributed by atoms with E-state index < -0.39 is 11.6 Å². The fraction of sp³-hybridized carbons (Fsp3) is 0.200. The molecule has 1 aromatic heterocycles. The Morgan fingerprint density at radius 1 is 0.933 bits per heavy atom. The van der Waals surface area contributed by atoms with Crippen LogP contribution in [0.25, 0.3) is 0 Å².